The number of anilines is 1. The van der Waals surface area contributed by atoms with Gasteiger partial charge in [0.2, 0.25) is 5.91 Å². The van der Waals surface area contributed by atoms with Gasteiger partial charge < -0.3 is 5.32 Å². The van der Waals surface area contributed by atoms with Gasteiger partial charge in [-0.15, -0.1) is 0 Å². The summed E-state index contributed by atoms with van der Waals surface area (Å²) in [5.41, 5.74) is 2.20. The lowest BCUT2D eigenvalue weighted by Gasteiger charge is -2.22. The molecule has 0 bridgehead atoms. The molecule has 1 aromatic carbocycles. The molecule has 1 aliphatic rings. The fourth-order valence-electron chi connectivity index (χ4n) is 2.44. The molecule has 2 unspecified atom stereocenters. The average molecular weight is 285 g/mol. The van der Waals surface area contributed by atoms with Crippen LogP contribution in [0, 0.1) is 18.3 Å². The van der Waals surface area contributed by atoms with Crippen LogP contribution in [-0.4, -0.2) is 28.8 Å². The van der Waals surface area contributed by atoms with Crippen molar-refractivity contribution in [2.75, 3.05) is 5.32 Å². The minimum Gasteiger partial charge on any atom is -0.373 e. The molecular weight excluding hydrogens is 266 g/mol. The summed E-state index contributed by atoms with van der Waals surface area (Å²) >= 11 is 0. The second kappa shape index (κ2) is 5.96. The van der Waals surface area contributed by atoms with Crippen molar-refractivity contribution in [2.24, 2.45) is 0 Å². The molecule has 1 N–H and O–H groups in total. The summed E-state index contributed by atoms with van der Waals surface area (Å²) in [7, 11) is 0. The van der Waals surface area contributed by atoms with Gasteiger partial charge in [-0.05, 0) is 38.0 Å². The molecule has 2 amide bonds. The molecule has 1 fully saturated rings. The number of carbonyl (C=O) groups is 2. The molecular formula is C16H19N3O2. The molecule has 0 radical (unpaired) electrons. The maximum Gasteiger partial charge on any atom is 0.252 e. The quantitative estimate of drug-likeness (QED) is 0.861. The predicted molar refractivity (Wildman–Crippen MR) is 79.5 cm³/mol. The minimum atomic E-state index is -0.542. The largest absolute Gasteiger partial charge is 0.373 e. The zero-order chi connectivity index (χ0) is 15.6. The summed E-state index contributed by atoms with van der Waals surface area (Å²) in [6, 6.07) is 6.72. The van der Waals surface area contributed by atoms with E-state index in [1.54, 1.807) is 12.1 Å². The smallest absolute Gasteiger partial charge is 0.252 e. The molecule has 110 valence electrons. The van der Waals surface area contributed by atoms with Crippen molar-refractivity contribution in [1.82, 2.24) is 4.90 Å². The molecule has 1 aliphatic heterocycles. The zero-order valence-corrected chi connectivity index (χ0v) is 12.5. The number of hydrogen-bond acceptors (Lipinski definition) is 4. The number of amides is 2. The highest BCUT2D eigenvalue weighted by Gasteiger charge is 2.40. The molecule has 5 heteroatoms. The first-order chi connectivity index (χ1) is 9.97. The van der Waals surface area contributed by atoms with Crippen LogP contribution >= 0.6 is 0 Å². The van der Waals surface area contributed by atoms with E-state index >= 15 is 0 Å². The number of carbonyl (C=O) groups excluding carboxylic acids is 2. The summed E-state index contributed by atoms with van der Waals surface area (Å²) < 4.78 is 0. The van der Waals surface area contributed by atoms with E-state index in [-0.39, 0.29) is 24.3 Å². The Labute approximate surface area is 124 Å². The summed E-state index contributed by atoms with van der Waals surface area (Å²) in [6.45, 7) is 5.73. The zero-order valence-electron chi connectivity index (χ0n) is 12.5. The third kappa shape index (κ3) is 2.89. The van der Waals surface area contributed by atoms with Crippen molar-refractivity contribution in [3.8, 4) is 6.07 Å². The monoisotopic (exact) mass is 285 g/mol. The van der Waals surface area contributed by atoms with Crippen LogP contribution in [0.25, 0.3) is 0 Å². The van der Waals surface area contributed by atoms with Gasteiger partial charge in [-0.3, -0.25) is 14.5 Å². The third-order valence-electron chi connectivity index (χ3n) is 3.91. The fraction of sp³-hybridized carbons (Fsp3) is 0.438. The maximum atomic E-state index is 12.4. The van der Waals surface area contributed by atoms with E-state index in [4.69, 9.17) is 5.26 Å². The van der Waals surface area contributed by atoms with Crippen LogP contribution in [0.4, 0.5) is 5.69 Å². The van der Waals surface area contributed by atoms with Crippen LogP contribution in [0.5, 0.6) is 0 Å². The molecule has 0 aliphatic carbocycles. The van der Waals surface area contributed by atoms with E-state index in [1.807, 2.05) is 26.8 Å². The van der Waals surface area contributed by atoms with Crippen molar-refractivity contribution in [3.63, 3.8) is 0 Å². The van der Waals surface area contributed by atoms with Gasteiger partial charge in [-0.25, -0.2) is 0 Å². The Bertz CT molecular complexity index is 618. The molecule has 2 atom stereocenters. The van der Waals surface area contributed by atoms with Crippen LogP contribution in [0.1, 0.15) is 37.8 Å². The molecule has 5 nitrogen and oxygen atoms in total. The van der Waals surface area contributed by atoms with Gasteiger partial charge >= 0.3 is 0 Å². The number of nitrogens with one attached hydrogen (secondary N) is 1. The van der Waals surface area contributed by atoms with E-state index in [1.165, 1.54) is 4.90 Å². The Balaban J connectivity index is 2.20. The van der Waals surface area contributed by atoms with Gasteiger partial charge in [-0.2, -0.15) is 5.26 Å². The topological polar surface area (TPSA) is 73.2 Å². The van der Waals surface area contributed by atoms with Crippen molar-refractivity contribution < 1.29 is 9.59 Å². The number of imide groups is 1. The molecule has 1 aromatic rings. The van der Waals surface area contributed by atoms with Gasteiger partial charge in [0.15, 0.2) is 0 Å². The summed E-state index contributed by atoms with van der Waals surface area (Å²) in [5, 5.41) is 12.1. The minimum absolute atomic E-state index is 0.0802. The molecule has 0 saturated carbocycles. The molecule has 0 spiro atoms. The van der Waals surface area contributed by atoms with E-state index in [0.29, 0.717) is 5.56 Å². The first kappa shape index (κ1) is 15.0. The van der Waals surface area contributed by atoms with E-state index < -0.39 is 6.04 Å². The number of hydrogen-bond donors (Lipinski definition) is 1. The van der Waals surface area contributed by atoms with Crippen molar-refractivity contribution in [3.05, 3.63) is 29.3 Å². The van der Waals surface area contributed by atoms with Crippen molar-refractivity contribution in [2.45, 2.75) is 45.7 Å². The lowest BCUT2D eigenvalue weighted by atomic mass is 10.1. The summed E-state index contributed by atoms with van der Waals surface area (Å²) in [4.78, 5) is 25.7. The Morgan fingerprint density at radius 1 is 1.48 bits per heavy atom. The van der Waals surface area contributed by atoms with Gasteiger partial charge in [0.25, 0.3) is 5.91 Å². The Kier molecular flexibility index (Phi) is 4.27. The van der Waals surface area contributed by atoms with Gasteiger partial charge in [0.05, 0.1) is 18.1 Å². The Hall–Kier alpha value is -2.35. The first-order valence-electron chi connectivity index (χ1n) is 7.11. The maximum absolute atomic E-state index is 12.4. The highest BCUT2D eigenvalue weighted by Crippen LogP contribution is 2.24. The van der Waals surface area contributed by atoms with E-state index in [9.17, 15) is 9.59 Å². The highest BCUT2D eigenvalue weighted by atomic mass is 16.2. The lowest BCUT2D eigenvalue weighted by molar-refractivity contribution is -0.140. The highest BCUT2D eigenvalue weighted by molar-refractivity contribution is 6.07. The number of nitrogens with zero attached hydrogens (tertiary/aromatic N) is 2. The summed E-state index contributed by atoms with van der Waals surface area (Å²) in [5.74, 6) is -0.322. The van der Waals surface area contributed by atoms with Gasteiger partial charge in [0, 0.05) is 11.7 Å². The van der Waals surface area contributed by atoms with Crippen LogP contribution in [0.15, 0.2) is 18.2 Å². The van der Waals surface area contributed by atoms with Crippen LogP contribution in [-0.2, 0) is 9.59 Å². The second-order valence-corrected chi connectivity index (χ2v) is 5.40. The molecule has 0 aromatic heterocycles. The number of likely N-dealkylation sites (tertiary alicyclic amines) is 1. The molecule has 21 heavy (non-hydrogen) atoms. The third-order valence-corrected chi connectivity index (χ3v) is 3.91. The fourth-order valence-corrected chi connectivity index (χ4v) is 2.44. The van der Waals surface area contributed by atoms with E-state index in [2.05, 4.69) is 11.4 Å². The predicted octanol–water partition coefficient (Wildman–Crippen LogP) is 2.20. The second-order valence-electron chi connectivity index (χ2n) is 5.40. The van der Waals surface area contributed by atoms with Crippen molar-refractivity contribution >= 4 is 17.5 Å². The van der Waals surface area contributed by atoms with Crippen LogP contribution in [0.3, 0.4) is 0 Å². The lowest BCUT2D eigenvalue weighted by Crippen LogP contribution is -2.40. The number of rotatable bonds is 4. The molecule has 1 heterocycles. The van der Waals surface area contributed by atoms with Crippen LogP contribution in [0.2, 0.25) is 0 Å². The SMILES string of the molecule is CCC(C)N1C(=O)CC(Nc2cc(C#N)ccc2C)C1=O. The first-order valence-corrected chi connectivity index (χ1v) is 7.11. The number of benzene rings is 1. The average Bonchev–Trinajstić information content (AvgIpc) is 2.75. The number of aryl methyl sites for hydroxylation is 1. The van der Waals surface area contributed by atoms with E-state index in [0.717, 1.165) is 17.7 Å². The summed E-state index contributed by atoms with van der Waals surface area (Å²) in [6.07, 6.45) is 0.909. The number of nitriles is 1. The molecule has 1 saturated heterocycles. The van der Waals surface area contributed by atoms with Gasteiger partial charge in [-0.1, -0.05) is 13.0 Å². The molecule has 2 rings (SSSR count). The standard InChI is InChI=1S/C16H19N3O2/c1-4-11(3)19-15(20)8-14(16(19)21)18-13-7-12(9-17)6-5-10(13)2/h5-7,11,14,18H,4,8H2,1-3H3. The Morgan fingerprint density at radius 3 is 2.81 bits per heavy atom. The van der Waals surface area contributed by atoms with Gasteiger partial charge in [0.1, 0.15) is 6.04 Å². The Morgan fingerprint density at radius 2 is 2.19 bits per heavy atom. The normalized spacial score (nSPS) is 19.5. The van der Waals surface area contributed by atoms with Crippen molar-refractivity contribution in [1.29, 1.82) is 5.26 Å². The van der Waals surface area contributed by atoms with Crippen LogP contribution < -0.4 is 5.32 Å².